The number of hydrogen-bond donors (Lipinski definition) is 0. The first-order chi connectivity index (χ1) is 3.31. The van der Waals surface area contributed by atoms with Crippen LogP contribution in [0.1, 0.15) is 6.92 Å². The van der Waals surface area contributed by atoms with E-state index in [1.165, 1.54) is 0 Å². The van der Waals surface area contributed by atoms with Crippen molar-refractivity contribution in [1.29, 1.82) is 0 Å². The molecule has 0 fully saturated rings. The van der Waals surface area contributed by atoms with E-state index < -0.39 is 0 Å². The van der Waals surface area contributed by atoms with E-state index in [0.29, 0.717) is 5.70 Å². The third-order valence-corrected chi connectivity index (χ3v) is 0.531. The Labute approximate surface area is 44.1 Å². The Bertz CT molecular complexity index is 101. The molecule has 0 rings (SSSR count). The average Bonchev–Trinajstić information content (AvgIpc) is 1.68. The molecule has 0 radical (unpaired) electrons. The van der Waals surface area contributed by atoms with Crippen LogP contribution >= 0.6 is 0 Å². The van der Waals surface area contributed by atoms with Crippen molar-refractivity contribution in [3.63, 3.8) is 0 Å². The highest BCUT2D eigenvalue weighted by Gasteiger charge is 1.69. The van der Waals surface area contributed by atoms with E-state index >= 15 is 0 Å². The monoisotopic (exact) mass is 95.1 g/mol. The predicted octanol–water partition coefficient (Wildman–Crippen LogP) is 1.78. The molecule has 0 unspecified atom stereocenters. The van der Waals surface area contributed by atoms with Crippen molar-refractivity contribution in [3.8, 4) is 0 Å². The molecule has 0 spiro atoms. The van der Waals surface area contributed by atoms with Crippen molar-refractivity contribution in [2.24, 2.45) is 4.99 Å². The molecule has 0 heterocycles. The second-order valence-electron chi connectivity index (χ2n) is 1.08. The maximum Gasteiger partial charge on any atom is 0.0547 e. The molecule has 0 saturated carbocycles. The zero-order chi connectivity index (χ0) is 5.70. The molecular formula is C6H9N. The van der Waals surface area contributed by atoms with Gasteiger partial charge in [-0.15, -0.1) is 0 Å². The van der Waals surface area contributed by atoms with E-state index in [0.717, 1.165) is 0 Å². The molecule has 38 valence electrons. The number of allylic oxidation sites excluding steroid dienone is 1. The van der Waals surface area contributed by atoms with Crippen LogP contribution < -0.4 is 0 Å². The van der Waals surface area contributed by atoms with Crippen molar-refractivity contribution in [2.75, 3.05) is 0 Å². The maximum absolute atomic E-state index is 3.81. The summed E-state index contributed by atoms with van der Waals surface area (Å²) in [5.74, 6) is 0. The normalized spacial score (nSPS) is 9.29. The topological polar surface area (TPSA) is 12.4 Å². The van der Waals surface area contributed by atoms with Gasteiger partial charge in [0.2, 0.25) is 0 Å². The molecular weight excluding hydrogens is 86.1 g/mol. The maximum atomic E-state index is 3.81. The summed E-state index contributed by atoms with van der Waals surface area (Å²) in [6.07, 6.45) is 3.30. The van der Waals surface area contributed by atoms with Crippen LogP contribution in [-0.4, -0.2) is 6.21 Å². The van der Waals surface area contributed by atoms with Crippen LogP contribution in [0.5, 0.6) is 0 Å². The zero-order valence-electron chi connectivity index (χ0n) is 4.52. The van der Waals surface area contributed by atoms with Crippen LogP contribution in [0.2, 0.25) is 0 Å². The molecule has 1 nitrogen and oxygen atoms in total. The summed E-state index contributed by atoms with van der Waals surface area (Å²) in [7, 11) is 0. The molecule has 7 heavy (non-hydrogen) atoms. The molecule has 0 amide bonds. The standard InChI is InChI=1S/C6H9N/c1-4-6(3)7-5-2/h4-5H,1,3H2,2H3. The van der Waals surface area contributed by atoms with Crippen LogP contribution in [0.4, 0.5) is 0 Å². The molecule has 0 N–H and O–H groups in total. The molecule has 0 aliphatic carbocycles. The van der Waals surface area contributed by atoms with Gasteiger partial charge in [-0.3, -0.25) is 4.99 Å². The highest BCUT2D eigenvalue weighted by atomic mass is 14.7. The Morgan fingerprint density at radius 3 is 2.43 bits per heavy atom. The fourth-order valence-corrected chi connectivity index (χ4v) is 0.219. The average molecular weight is 95.1 g/mol. The summed E-state index contributed by atoms with van der Waals surface area (Å²) in [6, 6.07) is 0. The fourth-order valence-electron chi connectivity index (χ4n) is 0.219. The predicted molar refractivity (Wildman–Crippen MR) is 33.5 cm³/mol. The Morgan fingerprint density at radius 2 is 2.29 bits per heavy atom. The van der Waals surface area contributed by atoms with E-state index in [-0.39, 0.29) is 0 Å². The molecule has 1 heteroatoms. The number of hydrogen-bond acceptors (Lipinski definition) is 1. The largest absolute Gasteiger partial charge is 0.262 e. The van der Waals surface area contributed by atoms with Gasteiger partial charge in [0.15, 0.2) is 0 Å². The van der Waals surface area contributed by atoms with Crippen LogP contribution in [0.25, 0.3) is 0 Å². The Balaban J connectivity index is 3.58. The van der Waals surface area contributed by atoms with Gasteiger partial charge in [-0.25, -0.2) is 0 Å². The van der Waals surface area contributed by atoms with E-state index in [9.17, 15) is 0 Å². The summed E-state index contributed by atoms with van der Waals surface area (Å²) < 4.78 is 0. The van der Waals surface area contributed by atoms with E-state index in [1.807, 2.05) is 6.92 Å². The van der Waals surface area contributed by atoms with Crippen molar-refractivity contribution in [1.82, 2.24) is 0 Å². The smallest absolute Gasteiger partial charge is 0.0547 e. The first-order valence-electron chi connectivity index (χ1n) is 2.11. The number of rotatable bonds is 2. The quantitative estimate of drug-likeness (QED) is 0.366. The molecule has 0 saturated heterocycles. The van der Waals surface area contributed by atoms with Crippen molar-refractivity contribution in [3.05, 3.63) is 24.9 Å². The second-order valence-corrected chi connectivity index (χ2v) is 1.08. The van der Waals surface area contributed by atoms with Gasteiger partial charge >= 0.3 is 0 Å². The molecule has 0 aromatic carbocycles. The SMILES string of the molecule is C=CC(=C)N=CC. The lowest BCUT2D eigenvalue weighted by Crippen LogP contribution is -1.63. The van der Waals surface area contributed by atoms with Gasteiger partial charge in [-0.2, -0.15) is 0 Å². The van der Waals surface area contributed by atoms with Gasteiger partial charge in [-0.1, -0.05) is 13.2 Å². The fraction of sp³-hybridized carbons (Fsp3) is 0.167. The summed E-state index contributed by atoms with van der Waals surface area (Å²) in [5, 5.41) is 0. The lowest BCUT2D eigenvalue weighted by molar-refractivity contribution is 1.45. The first-order valence-corrected chi connectivity index (χ1v) is 2.11. The van der Waals surface area contributed by atoms with E-state index in [2.05, 4.69) is 18.2 Å². The first kappa shape index (κ1) is 6.15. The Kier molecular flexibility index (Phi) is 2.94. The van der Waals surface area contributed by atoms with Gasteiger partial charge in [0.25, 0.3) is 0 Å². The minimum atomic E-state index is 0.711. The van der Waals surface area contributed by atoms with Crippen LogP contribution in [0, 0.1) is 0 Å². The van der Waals surface area contributed by atoms with Crippen molar-refractivity contribution in [2.45, 2.75) is 6.92 Å². The minimum Gasteiger partial charge on any atom is -0.262 e. The minimum absolute atomic E-state index is 0.711. The summed E-state index contributed by atoms with van der Waals surface area (Å²) in [5.41, 5.74) is 0.711. The molecule has 0 aromatic rings. The summed E-state index contributed by atoms with van der Waals surface area (Å²) in [6.45, 7) is 8.85. The van der Waals surface area contributed by atoms with Crippen molar-refractivity contribution < 1.29 is 0 Å². The van der Waals surface area contributed by atoms with Gasteiger partial charge in [0.1, 0.15) is 0 Å². The third-order valence-electron chi connectivity index (χ3n) is 0.531. The van der Waals surface area contributed by atoms with Gasteiger partial charge in [-0.05, 0) is 13.0 Å². The summed E-state index contributed by atoms with van der Waals surface area (Å²) in [4.78, 5) is 3.81. The second kappa shape index (κ2) is 3.34. The highest BCUT2D eigenvalue weighted by molar-refractivity contribution is 5.55. The third kappa shape index (κ3) is 2.97. The highest BCUT2D eigenvalue weighted by Crippen LogP contribution is 1.88. The van der Waals surface area contributed by atoms with Gasteiger partial charge in [0.05, 0.1) is 5.70 Å². The van der Waals surface area contributed by atoms with Gasteiger partial charge in [0, 0.05) is 6.21 Å². The number of aliphatic imine (C=N–C) groups is 1. The molecule has 0 aliphatic heterocycles. The van der Waals surface area contributed by atoms with E-state index in [4.69, 9.17) is 0 Å². The Hall–Kier alpha value is -0.850. The van der Waals surface area contributed by atoms with Crippen molar-refractivity contribution >= 4 is 6.21 Å². The van der Waals surface area contributed by atoms with Crippen LogP contribution in [0.15, 0.2) is 29.9 Å². The molecule has 0 bridgehead atoms. The lowest BCUT2D eigenvalue weighted by atomic mass is 10.5. The van der Waals surface area contributed by atoms with Gasteiger partial charge < -0.3 is 0 Å². The van der Waals surface area contributed by atoms with Crippen LogP contribution in [-0.2, 0) is 0 Å². The summed E-state index contributed by atoms with van der Waals surface area (Å²) >= 11 is 0. The molecule has 0 aromatic heterocycles. The van der Waals surface area contributed by atoms with Crippen LogP contribution in [0.3, 0.4) is 0 Å². The van der Waals surface area contributed by atoms with E-state index in [1.54, 1.807) is 12.3 Å². The zero-order valence-corrected chi connectivity index (χ0v) is 4.52. The Morgan fingerprint density at radius 1 is 1.71 bits per heavy atom. The lowest BCUT2D eigenvalue weighted by Gasteiger charge is -1.80. The molecule has 0 aliphatic rings. The molecule has 0 atom stereocenters. The number of nitrogens with zero attached hydrogens (tertiary/aromatic N) is 1.